The van der Waals surface area contributed by atoms with Crippen LogP contribution in [-0.2, 0) is 0 Å². The molecule has 3 atom stereocenters. The van der Waals surface area contributed by atoms with Gasteiger partial charge in [-0.1, -0.05) is 13.3 Å². The van der Waals surface area contributed by atoms with Crippen molar-refractivity contribution >= 4 is 0 Å². The van der Waals surface area contributed by atoms with Gasteiger partial charge in [0.05, 0.1) is 0 Å². The summed E-state index contributed by atoms with van der Waals surface area (Å²) >= 11 is 0. The molecule has 0 radical (unpaired) electrons. The zero-order valence-electron chi connectivity index (χ0n) is 9.28. The monoisotopic (exact) mass is 197 g/mol. The second-order valence-corrected chi connectivity index (χ2v) is 5.02. The topological polar surface area (TPSA) is 23.5 Å². The van der Waals surface area contributed by atoms with E-state index >= 15 is 0 Å². The van der Waals surface area contributed by atoms with Crippen LogP contribution in [0.15, 0.2) is 0 Å². The van der Waals surface area contributed by atoms with Crippen LogP contribution in [-0.4, -0.2) is 35.2 Å². The highest BCUT2D eigenvalue weighted by atomic mass is 16.3. The van der Waals surface area contributed by atoms with Gasteiger partial charge in [0, 0.05) is 18.7 Å². The van der Waals surface area contributed by atoms with Gasteiger partial charge in [-0.3, -0.25) is 4.90 Å². The lowest BCUT2D eigenvalue weighted by atomic mass is 9.81. The molecule has 0 bridgehead atoms. The van der Waals surface area contributed by atoms with Crippen molar-refractivity contribution in [2.75, 3.05) is 13.2 Å². The van der Waals surface area contributed by atoms with Gasteiger partial charge in [0.15, 0.2) is 0 Å². The third-order valence-electron chi connectivity index (χ3n) is 4.14. The van der Waals surface area contributed by atoms with Crippen molar-refractivity contribution in [2.24, 2.45) is 5.92 Å². The minimum atomic E-state index is 0.363. The lowest BCUT2D eigenvalue weighted by Crippen LogP contribution is -2.52. The molecule has 0 unspecified atom stereocenters. The Morgan fingerprint density at radius 1 is 1.21 bits per heavy atom. The predicted octanol–water partition coefficient (Wildman–Crippen LogP) is 2.02. The van der Waals surface area contributed by atoms with E-state index in [0.717, 1.165) is 18.4 Å². The largest absolute Gasteiger partial charge is 0.396 e. The zero-order valence-corrected chi connectivity index (χ0v) is 9.28. The fourth-order valence-corrected chi connectivity index (χ4v) is 3.32. The zero-order chi connectivity index (χ0) is 9.97. The smallest absolute Gasteiger partial charge is 0.0445 e. The fourth-order valence-electron chi connectivity index (χ4n) is 3.32. The van der Waals surface area contributed by atoms with Crippen LogP contribution in [0.2, 0.25) is 0 Å². The summed E-state index contributed by atoms with van der Waals surface area (Å²) in [5.41, 5.74) is 0. The summed E-state index contributed by atoms with van der Waals surface area (Å²) in [5, 5.41) is 9.05. The minimum absolute atomic E-state index is 0.363. The summed E-state index contributed by atoms with van der Waals surface area (Å²) in [7, 11) is 0. The van der Waals surface area contributed by atoms with Crippen molar-refractivity contribution in [2.45, 2.75) is 57.5 Å². The van der Waals surface area contributed by atoms with Crippen LogP contribution in [0.25, 0.3) is 0 Å². The Bertz CT molecular complexity index is 183. The van der Waals surface area contributed by atoms with E-state index in [1.165, 1.54) is 38.6 Å². The van der Waals surface area contributed by atoms with E-state index in [2.05, 4.69) is 11.8 Å². The molecule has 0 amide bonds. The molecular weight excluding hydrogens is 174 g/mol. The maximum atomic E-state index is 9.05. The van der Waals surface area contributed by atoms with Gasteiger partial charge in [-0.25, -0.2) is 0 Å². The van der Waals surface area contributed by atoms with Gasteiger partial charge < -0.3 is 5.11 Å². The molecule has 0 aliphatic carbocycles. The summed E-state index contributed by atoms with van der Waals surface area (Å²) in [4.78, 5) is 2.69. The molecule has 2 heterocycles. The van der Waals surface area contributed by atoms with Crippen LogP contribution in [0.4, 0.5) is 0 Å². The summed E-state index contributed by atoms with van der Waals surface area (Å²) in [6.07, 6.45) is 7.83. The Morgan fingerprint density at radius 3 is 2.86 bits per heavy atom. The molecule has 2 fully saturated rings. The quantitative estimate of drug-likeness (QED) is 0.732. The molecule has 0 aromatic heterocycles. The molecule has 82 valence electrons. The van der Waals surface area contributed by atoms with E-state index in [1.807, 2.05) is 0 Å². The molecule has 2 heteroatoms. The van der Waals surface area contributed by atoms with Gasteiger partial charge in [0.1, 0.15) is 0 Å². The maximum absolute atomic E-state index is 9.05. The number of rotatable bonds is 2. The first-order valence-electron chi connectivity index (χ1n) is 6.19. The molecule has 0 aromatic carbocycles. The molecule has 2 rings (SSSR count). The number of hydrogen-bond acceptors (Lipinski definition) is 2. The Kier molecular flexibility index (Phi) is 3.45. The van der Waals surface area contributed by atoms with E-state index in [0.29, 0.717) is 12.6 Å². The Hall–Kier alpha value is -0.0800. The number of piperidine rings is 2. The molecule has 2 nitrogen and oxygen atoms in total. The second kappa shape index (κ2) is 4.63. The van der Waals surface area contributed by atoms with Gasteiger partial charge >= 0.3 is 0 Å². The normalized spacial score (nSPS) is 39.4. The first kappa shape index (κ1) is 10.4. The SMILES string of the molecule is C[C@@H]1CC[C@@H](CCO)N2CCCC[C@@H]12. The molecule has 14 heavy (non-hydrogen) atoms. The number of nitrogens with zero attached hydrogens (tertiary/aromatic N) is 1. The minimum Gasteiger partial charge on any atom is -0.396 e. The van der Waals surface area contributed by atoms with Crippen molar-refractivity contribution in [3.63, 3.8) is 0 Å². The van der Waals surface area contributed by atoms with Gasteiger partial charge in [-0.05, 0) is 44.6 Å². The van der Waals surface area contributed by atoms with E-state index in [-0.39, 0.29) is 0 Å². The molecule has 0 spiro atoms. The van der Waals surface area contributed by atoms with Crippen molar-refractivity contribution in [3.8, 4) is 0 Å². The van der Waals surface area contributed by atoms with Crippen LogP contribution < -0.4 is 0 Å². The Morgan fingerprint density at radius 2 is 2.07 bits per heavy atom. The van der Waals surface area contributed by atoms with Crippen LogP contribution in [0.5, 0.6) is 0 Å². The Labute approximate surface area is 87.3 Å². The van der Waals surface area contributed by atoms with Gasteiger partial charge in [-0.15, -0.1) is 0 Å². The third-order valence-corrected chi connectivity index (χ3v) is 4.14. The molecule has 2 aliphatic heterocycles. The number of fused-ring (bicyclic) bond motifs is 1. The average Bonchev–Trinajstić information content (AvgIpc) is 2.23. The van der Waals surface area contributed by atoms with E-state index in [9.17, 15) is 0 Å². The highest BCUT2D eigenvalue weighted by Gasteiger charge is 2.35. The van der Waals surface area contributed by atoms with Crippen LogP contribution in [0.3, 0.4) is 0 Å². The van der Waals surface area contributed by atoms with E-state index in [4.69, 9.17) is 5.11 Å². The fraction of sp³-hybridized carbons (Fsp3) is 1.00. The first-order chi connectivity index (χ1) is 6.83. The van der Waals surface area contributed by atoms with Crippen LogP contribution in [0, 0.1) is 5.92 Å². The molecule has 2 aliphatic rings. The summed E-state index contributed by atoms with van der Waals surface area (Å²) in [6.45, 7) is 4.04. The van der Waals surface area contributed by atoms with Crippen molar-refractivity contribution in [3.05, 3.63) is 0 Å². The van der Waals surface area contributed by atoms with Crippen molar-refractivity contribution in [1.82, 2.24) is 4.90 Å². The maximum Gasteiger partial charge on any atom is 0.0445 e. The average molecular weight is 197 g/mol. The summed E-state index contributed by atoms with van der Waals surface area (Å²) < 4.78 is 0. The number of aliphatic hydroxyl groups is 1. The van der Waals surface area contributed by atoms with Gasteiger partial charge in [0.2, 0.25) is 0 Å². The van der Waals surface area contributed by atoms with Crippen molar-refractivity contribution in [1.29, 1.82) is 0 Å². The number of aliphatic hydroxyl groups excluding tert-OH is 1. The molecular formula is C12H23NO. The van der Waals surface area contributed by atoms with Gasteiger partial charge in [0.25, 0.3) is 0 Å². The molecule has 2 saturated heterocycles. The predicted molar refractivity (Wildman–Crippen MR) is 58.2 cm³/mol. The Balaban J connectivity index is 2.00. The molecule has 0 aromatic rings. The molecule has 0 saturated carbocycles. The highest BCUT2D eigenvalue weighted by molar-refractivity contribution is 4.90. The molecule has 1 N–H and O–H groups in total. The lowest BCUT2D eigenvalue weighted by molar-refractivity contribution is 0.00815. The van der Waals surface area contributed by atoms with Crippen LogP contribution >= 0.6 is 0 Å². The van der Waals surface area contributed by atoms with Gasteiger partial charge in [-0.2, -0.15) is 0 Å². The van der Waals surface area contributed by atoms with Crippen LogP contribution in [0.1, 0.15) is 45.4 Å². The summed E-state index contributed by atoms with van der Waals surface area (Å²) in [6, 6.07) is 1.51. The first-order valence-corrected chi connectivity index (χ1v) is 6.19. The number of hydrogen-bond donors (Lipinski definition) is 1. The standard InChI is InChI=1S/C12H23NO/c1-10-5-6-11(7-9-14)13-8-3-2-4-12(10)13/h10-12,14H,2-9H2,1H3/t10-,11+,12+/m1/s1. The highest BCUT2D eigenvalue weighted by Crippen LogP contribution is 2.34. The van der Waals surface area contributed by atoms with E-state index < -0.39 is 0 Å². The van der Waals surface area contributed by atoms with E-state index in [1.54, 1.807) is 0 Å². The van der Waals surface area contributed by atoms with Crippen molar-refractivity contribution < 1.29 is 5.11 Å². The lowest BCUT2D eigenvalue weighted by Gasteiger charge is -2.48. The second-order valence-electron chi connectivity index (χ2n) is 5.02. The third kappa shape index (κ3) is 1.96. The summed E-state index contributed by atoms with van der Waals surface area (Å²) in [5.74, 6) is 0.880.